The number of aromatic amines is 2. The number of aldehydes is 1. The fourth-order valence-electron chi connectivity index (χ4n) is 2.95. The Kier molecular flexibility index (Phi) is 11.2. The molecule has 216 valence electrons. The molecule has 13 nitrogen and oxygen atoms in total. The number of anilines is 2. The van der Waals surface area contributed by atoms with E-state index in [1.165, 1.54) is 12.4 Å². The summed E-state index contributed by atoms with van der Waals surface area (Å²) in [6, 6.07) is 0. The van der Waals surface area contributed by atoms with E-state index in [2.05, 4.69) is 71.3 Å². The van der Waals surface area contributed by atoms with Crippen molar-refractivity contribution < 1.29 is 4.79 Å². The third kappa shape index (κ3) is 10.5. The Labute approximate surface area is 239 Å². The summed E-state index contributed by atoms with van der Waals surface area (Å²) in [6.07, 6.45) is 14.1. The first kappa shape index (κ1) is 32.1. The molecule has 13 heteroatoms. The Bertz CT molecular complexity index is 1550. The van der Waals surface area contributed by atoms with Crippen LogP contribution < -0.4 is 11.1 Å². The predicted molar refractivity (Wildman–Crippen MR) is 160 cm³/mol. The number of nitrogen functional groups attached to an aromatic ring is 1. The molecule has 0 saturated heterocycles. The zero-order valence-electron chi connectivity index (χ0n) is 24.8. The highest BCUT2D eigenvalue weighted by atomic mass is 16.1. The van der Waals surface area contributed by atoms with Gasteiger partial charge < -0.3 is 15.9 Å². The molecule has 5 rings (SSSR count). The SMILES string of the molecule is Cc1[nH]ncc1-c1nc2cnccn2c1NC(C)(C)C.Cc1[nH]ncc1C=O.Nc1cnccn1.[C-]#[N+]C(C)(C)C. The molecule has 5 heterocycles. The molecule has 0 aliphatic carbocycles. The maximum atomic E-state index is 10.0. The topological polar surface area (TPSA) is 173 Å². The van der Waals surface area contributed by atoms with E-state index in [9.17, 15) is 4.79 Å². The van der Waals surface area contributed by atoms with Gasteiger partial charge in [-0.05, 0) is 34.6 Å². The van der Waals surface area contributed by atoms with E-state index in [1.54, 1.807) is 37.9 Å². The van der Waals surface area contributed by atoms with Crippen molar-refractivity contribution in [3.8, 4) is 11.3 Å². The van der Waals surface area contributed by atoms with Crippen molar-refractivity contribution in [3.63, 3.8) is 0 Å². The smallest absolute Gasteiger partial charge is 0.224 e. The van der Waals surface area contributed by atoms with Crippen LogP contribution in [0.2, 0.25) is 0 Å². The van der Waals surface area contributed by atoms with Crippen LogP contribution in [0, 0.1) is 20.4 Å². The van der Waals surface area contributed by atoms with E-state index >= 15 is 0 Å². The number of hydrogen-bond acceptors (Lipinski definition) is 9. The molecule has 0 saturated carbocycles. The van der Waals surface area contributed by atoms with Gasteiger partial charge in [-0.15, -0.1) is 0 Å². The van der Waals surface area contributed by atoms with Gasteiger partial charge >= 0.3 is 0 Å². The van der Waals surface area contributed by atoms with Gasteiger partial charge in [0.25, 0.3) is 0 Å². The standard InChI is InChI=1S/C14H18N6.C5H6N2O.C5H9N.C4H5N3/c1-9-10(7-16-19-9)12-13(18-14(2,3)4)20-6-5-15-8-11(20)17-12;1-4-5(3-8)2-6-7-4;1-5(2,3)6-4;5-4-3-6-1-2-7-4/h5-8,18H,1-4H3,(H,16,19);2-3H,1H3,(H,6,7);1-3H3;1-3H,(H2,5,7). The first-order valence-electron chi connectivity index (χ1n) is 12.7. The van der Waals surface area contributed by atoms with Gasteiger partial charge in [0.05, 0.1) is 30.4 Å². The van der Waals surface area contributed by atoms with Crippen LogP contribution in [0.15, 0.2) is 49.6 Å². The Morgan fingerprint density at radius 2 is 1.59 bits per heavy atom. The third-order valence-corrected chi connectivity index (χ3v) is 4.92. The second-order valence-corrected chi connectivity index (χ2v) is 10.9. The molecule has 5 aromatic rings. The molecule has 0 aromatic carbocycles. The van der Waals surface area contributed by atoms with E-state index in [4.69, 9.17) is 12.3 Å². The summed E-state index contributed by atoms with van der Waals surface area (Å²) in [5.41, 5.74) is 10.1. The van der Waals surface area contributed by atoms with Crippen LogP contribution in [-0.4, -0.2) is 62.1 Å². The number of fused-ring (bicyclic) bond motifs is 1. The maximum Gasteiger partial charge on any atom is 0.224 e. The number of nitrogens with two attached hydrogens (primary N) is 1. The molecule has 0 unspecified atom stereocenters. The molecule has 0 amide bonds. The highest BCUT2D eigenvalue weighted by Gasteiger charge is 2.20. The van der Waals surface area contributed by atoms with Gasteiger partial charge in [-0.2, -0.15) is 10.2 Å². The van der Waals surface area contributed by atoms with Crippen molar-refractivity contribution >= 4 is 23.6 Å². The molecule has 0 aliphatic rings. The predicted octanol–water partition coefficient (Wildman–Crippen LogP) is 4.93. The van der Waals surface area contributed by atoms with Crippen LogP contribution in [0.3, 0.4) is 0 Å². The van der Waals surface area contributed by atoms with E-state index in [0.29, 0.717) is 11.4 Å². The molecule has 5 N–H and O–H groups in total. The minimum absolute atomic E-state index is 0.0639. The molecule has 0 fully saturated rings. The van der Waals surface area contributed by atoms with Gasteiger partial charge in [0.2, 0.25) is 5.54 Å². The monoisotopic (exact) mass is 558 g/mol. The Hall–Kier alpha value is -5.12. The van der Waals surface area contributed by atoms with E-state index in [1.807, 2.05) is 38.3 Å². The number of imidazole rings is 1. The van der Waals surface area contributed by atoms with Crippen LogP contribution in [0.1, 0.15) is 63.3 Å². The molecule has 5 aromatic heterocycles. The zero-order valence-corrected chi connectivity index (χ0v) is 24.8. The Morgan fingerprint density at radius 3 is 2.00 bits per heavy atom. The molecule has 0 atom stereocenters. The number of nitrogens with zero attached hydrogens (tertiary/aromatic N) is 8. The molecular weight excluding hydrogens is 520 g/mol. The van der Waals surface area contributed by atoms with Gasteiger partial charge in [-0.1, -0.05) is 0 Å². The number of aromatic nitrogens is 9. The first-order valence-corrected chi connectivity index (χ1v) is 12.7. The number of aryl methyl sites for hydroxylation is 2. The Balaban J connectivity index is 0.000000229. The molecule has 41 heavy (non-hydrogen) atoms. The summed E-state index contributed by atoms with van der Waals surface area (Å²) in [4.78, 5) is 29.5. The molecule has 0 spiro atoms. The summed E-state index contributed by atoms with van der Waals surface area (Å²) in [5, 5.41) is 16.8. The quantitative estimate of drug-likeness (QED) is 0.177. The van der Waals surface area contributed by atoms with E-state index < -0.39 is 0 Å². The summed E-state index contributed by atoms with van der Waals surface area (Å²) < 4.78 is 2.01. The van der Waals surface area contributed by atoms with Crippen molar-refractivity contribution in [2.75, 3.05) is 11.1 Å². The van der Waals surface area contributed by atoms with Gasteiger partial charge in [0, 0.05) is 68.0 Å². The van der Waals surface area contributed by atoms with Crippen molar-refractivity contribution in [3.05, 3.63) is 77.9 Å². The summed E-state index contributed by atoms with van der Waals surface area (Å²) in [7, 11) is 0. The van der Waals surface area contributed by atoms with Crippen LogP contribution in [-0.2, 0) is 0 Å². The first-order chi connectivity index (χ1) is 19.3. The van der Waals surface area contributed by atoms with Gasteiger partial charge in [0.1, 0.15) is 17.3 Å². The lowest BCUT2D eigenvalue weighted by atomic mass is 10.1. The molecule has 0 aliphatic heterocycles. The van der Waals surface area contributed by atoms with Gasteiger partial charge in [0.15, 0.2) is 11.9 Å². The molecular formula is C28H38N12O. The van der Waals surface area contributed by atoms with Crippen LogP contribution >= 0.6 is 0 Å². The number of carbonyl (C=O) groups excluding carboxylic acids is 1. The fraction of sp³-hybridized carbons (Fsp3) is 0.357. The lowest BCUT2D eigenvalue weighted by molar-refractivity contribution is 0.112. The van der Waals surface area contributed by atoms with Crippen molar-refractivity contribution in [2.45, 2.75) is 66.5 Å². The third-order valence-electron chi connectivity index (χ3n) is 4.92. The van der Waals surface area contributed by atoms with Gasteiger partial charge in [-0.3, -0.25) is 29.4 Å². The number of rotatable bonds is 3. The highest BCUT2D eigenvalue weighted by molar-refractivity contribution is 5.77. The average Bonchev–Trinajstić information content (AvgIpc) is 3.62. The highest BCUT2D eigenvalue weighted by Crippen LogP contribution is 2.31. The Morgan fingerprint density at radius 1 is 0.951 bits per heavy atom. The van der Waals surface area contributed by atoms with Crippen LogP contribution in [0.5, 0.6) is 0 Å². The number of carbonyl (C=O) groups is 1. The van der Waals surface area contributed by atoms with Crippen molar-refractivity contribution in [1.82, 2.24) is 44.7 Å². The van der Waals surface area contributed by atoms with Crippen molar-refractivity contribution in [1.29, 1.82) is 0 Å². The number of nitrogens with one attached hydrogen (secondary N) is 3. The largest absolute Gasteiger partial charge is 0.382 e. The van der Waals surface area contributed by atoms with E-state index in [-0.39, 0.29) is 11.1 Å². The normalized spacial score (nSPS) is 10.6. The van der Waals surface area contributed by atoms with E-state index in [0.717, 1.165) is 40.4 Å². The summed E-state index contributed by atoms with van der Waals surface area (Å²) in [6.45, 7) is 22.3. The lowest BCUT2D eigenvalue weighted by Crippen LogP contribution is -2.27. The lowest BCUT2D eigenvalue weighted by Gasteiger charge is -2.22. The molecule has 0 bridgehead atoms. The second kappa shape index (κ2) is 14.3. The summed E-state index contributed by atoms with van der Waals surface area (Å²) >= 11 is 0. The molecule has 0 radical (unpaired) electrons. The van der Waals surface area contributed by atoms with Crippen LogP contribution in [0.4, 0.5) is 11.6 Å². The fourth-order valence-corrected chi connectivity index (χ4v) is 2.95. The number of hydrogen-bond donors (Lipinski definition) is 4. The minimum atomic E-state index is -0.167. The number of H-pyrrole nitrogens is 2. The summed E-state index contributed by atoms with van der Waals surface area (Å²) in [5.74, 6) is 1.42. The zero-order chi connectivity index (χ0) is 30.6. The minimum Gasteiger partial charge on any atom is -0.382 e. The second-order valence-electron chi connectivity index (χ2n) is 10.9. The van der Waals surface area contributed by atoms with Crippen molar-refractivity contribution in [2.24, 2.45) is 0 Å². The average molecular weight is 559 g/mol. The van der Waals surface area contributed by atoms with Crippen LogP contribution in [0.25, 0.3) is 21.7 Å². The van der Waals surface area contributed by atoms with Gasteiger partial charge in [-0.25, -0.2) is 16.5 Å². The maximum absolute atomic E-state index is 10.0.